The first kappa shape index (κ1) is 16.3. The summed E-state index contributed by atoms with van der Waals surface area (Å²) in [6.45, 7) is 0.411. The molecule has 3 aromatic rings. The number of nitrogens with zero attached hydrogens (tertiary/aromatic N) is 5. The van der Waals surface area contributed by atoms with Crippen LogP contribution < -0.4 is 5.32 Å². The van der Waals surface area contributed by atoms with E-state index in [1.807, 2.05) is 23.9 Å². The van der Waals surface area contributed by atoms with E-state index in [9.17, 15) is 9.59 Å². The molecule has 1 saturated heterocycles. The van der Waals surface area contributed by atoms with Gasteiger partial charge in [-0.15, -0.1) is 0 Å². The Hall–Kier alpha value is -3.16. The molecule has 2 atom stereocenters. The number of amides is 2. The van der Waals surface area contributed by atoms with Gasteiger partial charge in [-0.3, -0.25) is 9.59 Å². The minimum atomic E-state index is -0.166. The van der Waals surface area contributed by atoms with E-state index in [1.54, 1.807) is 47.3 Å². The second-order valence-corrected chi connectivity index (χ2v) is 6.66. The molecule has 2 amide bonds. The van der Waals surface area contributed by atoms with Gasteiger partial charge in [0, 0.05) is 51.6 Å². The summed E-state index contributed by atoms with van der Waals surface area (Å²) in [5, 5.41) is 2.96. The monoisotopic (exact) mass is 352 g/mol. The fourth-order valence-corrected chi connectivity index (χ4v) is 3.56. The second-order valence-electron chi connectivity index (χ2n) is 6.66. The summed E-state index contributed by atoms with van der Waals surface area (Å²) in [4.78, 5) is 34.9. The maximum atomic E-state index is 12.5. The Bertz CT molecular complexity index is 975. The number of carbonyl (C=O) groups excluding carboxylic acids is 2. The number of likely N-dealkylation sites (tertiary alicyclic amines) is 1. The molecule has 8 heteroatoms. The van der Waals surface area contributed by atoms with Gasteiger partial charge in [0.05, 0.1) is 29.6 Å². The average molecular weight is 352 g/mol. The number of aromatic nitrogens is 4. The van der Waals surface area contributed by atoms with Crippen LogP contribution in [0.25, 0.3) is 5.52 Å². The van der Waals surface area contributed by atoms with E-state index in [0.29, 0.717) is 18.5 Å². The molecule has 4 rings (SSSR count). The van der Waals surface area contributed by atoms with Crippen LogP contribution in [0.3, 0.4) is 0 Å². The number of rotatable bonds is 4. The topological polar surface area (TPSA) is 84.5 Å². The Morgan fingerprint density at radius 1 is 1.35 bits per heavy atom. The van der Waals surface area contributed by atoms with Crippen molar-refractivity contribution in [2.45, 2.75) is 12.5 Å². The number of fused-ring (bicyclic) bond motifs is 1. The number of hydrogen-bond acceptors (Lipinski definition) is 4. The molecular weight excluding hydrogens is 332 g/mol. The lowest BCUT2D eigenvalue weighted by Gasteiger charge is -2.24. The molecule has 3 aromatic heterocycles. The van der Waals surface area contributed by atoms with Gasteiger partial charge in [0.15, 0.2) is 0 Å². The summed E-state index contributed by atoms with van der Waals surface area (Å²) in [7, 11) is 3.70. The molecule has 1 N–H and O–H groups in total. The largest absolute Gasteiger partial charge is 0.352 e. The average Bonchev–Trinajstić information content (AvgIpc) is 3.33. The molecule has 1 aliphatic rings. The van der Waals surface area contributed by atoms with Crippen LogP contribution in [0.1, 0.15) is 28.6 Å². The SMILES string of the molecule is CN1C(=O)C[C@@H](CNC(=O)c2ccc3cncn3c2)[C@@H]1c1nccn1C. The van der Waals surface area contributed by atoms with Crippen LogP contribution in [0, 0.1) is 5.92 Å². The molecule has 0 saturated carbocycles. The van der Waals surface area contributed by atoms with E-state index >= 15 is 0 Å². The zero-order valence-electron chi connectivity index (χ0n) is 14.7. The second kappa shape index (κ2) is 6.29. The molecule has 0 bridgehead atoms. The van der Waals surface area contributed by atoms with Crippen LogP contribution in [0.5, 0.6) is 0 Å². The predicted molar refractivity (Wildman–Crippen MR) is 94.4 cm³/mol. The van der Waals surface area contributed by atoms with Gasteiger partial charge in [-0.05, 0) is 12.1 Å². The summed E-state index contributed by atoms with van der Waals surface area (Å²) < 4.78 is 3.72. The minimum Gasteiger partial charge on any atom is -0.352 e. The number of nitrogens with one attached hydrogen (secondary N) is 1. The highest BCUT2D eigenvalue weighted by Gasteiger charge is 2.40. The molecule has 8 nitrogen and oxygen atoms in total. The number of aryl methyl sites for hydroxylation is 1. The smallest absolute Gasteiger partial charge is 0.252 e. The maximum absolute atomic E-state index is 12.5. The van der Waals surface area contributed by atoms with Gasteiger partial charge in [0.1, 0.15) is 5.82 Å². The van der Waals surface area contributed by atoms with Crippen molar-refractivity contribution in [3.05, 3.63) is 54.6 Å². The van der Waals surface area contributed by atoms with Crippen molar-refractivity contribution in [2.24, 2.45) is 13.0 Å². The lowest BCUT2D eigenvalue weighted by Crippen LogP contribution is -2.33. The molecule has 0 unspecified atom stereocenters. The van der Waals surface area contributed by atoms with Gasteiger partial charge in [-0.2, -0.15) is 0 Å². The molecule has 1 fully saturated rings. The highest BCUT2D eigenvalue weighted by Crippen LogP contribution is 2.35. The van der Waals surface area contributed by atoms with Gasteiger partial charge in [0.2, 0.25) is 5.91 Å². The van der Waals surface area contributed by atoms with Gasteiger partial charge in [-0.1, -0.05) is 0 Å². The van der Waals surface area contributed by atoms with Crippen molar-refractivity contribution in [1.29, 1.82) is 0 Å². The Morgan fingerprint density at radius 2 is 2.19 bits per heavy atom. The quantitative estimate of drug-likeness (QED) is 0.760. The van der Waals surface area contributed by atoms with Crippen molar-refractivity contribution in [2.75, 3.05) is 13.6 Å². The third kappa shape index (κ3) is 2.73. The lowest BCUT2D eigenvalue weighted by atomic mass is 9.99. The third-order valence-corrected chi connectivity index (χ3v) is 5.01. The number of imidazole rings is 2. The molecular formula is C18H20N6O2. The van der Waals surface area contributed by atoms with E-state index < -0.39 is 0 Å². The predicted octanol–water partition coefficient (Wildman–Crippen LogP) is 1.02. The van der Waals surface area contributed by atoms with Crippen LogP contribution in [-0.2, 0) is 11.8 Å². The van der Waals surface area contributed by atoms with E-state index in [2.05, 4.69) is 15.3 Å². The fraction of sp³-hybridized carbons (Fsp3) is 0.333. The first-order valence-corrected chi connectivity index (χ1v) is 8.47. The van der Waals surface area contributed by atoms with Gasteiger partial charge in [0.25, 0.3) is 5.91 Å². The van der Waals surface area contributed by atoms with Crippen LogP contribution >= 0.6 is 0 Å². The lowest BCUT2D eigenvalue weighted by molar-refractivity contribution is -0.127. The summed E-state index contributed by atoms with van der Waals surface area (Å²) in [6.07, 6.45) is 9.13. The van der Waals surface area contributed by atoms with Crippen molar-refractivity contribution >= 4 is 17.3 Å². The maximum Gasteiger partial charge on any atom is 0.252 e. The van der Waals surface area contributed by atoms with E-state index in [0.717, 1.165) is 11.3 Å². The number of pyridine rings is 1. The van der Waals surface area contributed by atoms with Crippen molar-refractivity contribution < 1.29 is 9.59 Å². The molecule has 0 aliphatic carbocycles. The van der Waals surface area contributed by atoms with Gasteiger partial charge < -0.3 is 19.2 Å². The van der Waals surface area contributed by atoms with Gasteiger partial charge in [-0.25, -0.2) is 9.97 Å². The summed E-state index contributed by atoms with van der Waals surface area (Å²) >= 11 is 0. The first-order valence-electron chi connectivity index (χ1n) is 8.47. The van der Waals surface area contributed by atoms with Crippen LogP contribution in [0.15, 0.2) is 43.2 Å². The number of carbonyl (C=O) groups is 2. The van der Waals surface area contributed by atoms with E-state index in [4.69, 9.17) is 0 Å². The molecule has 0 radical (unpaired) electrons. The van der Waals surface area contributed by atoms with Gasteiger partial charge >= 0.3 is 0 Å². The Balaban J connectivity index is 1.49. The normalized spacial score (nSPS) is 20.1. The molecule has 134 valence electrons. The van der Waals surface area contributed by atoms with Crippen molar-refractivity contribution in [1.82, 2.24) is 29.2 Å². The summed E-state index contributed by atoms with van der Waals surface area (Å²) in [5.41, 5.74) is 1.49. The Kier molecular flexibility index (Phi) is 3.95. The Morgan fingerprint density at radius 3 is 2.96 bits per heavy atom. The summed E-state index contributed by atoms with van der Waals surface area (Å²) in [5.74, 6) is 0.713. The highest BCUT2D eigenvalue weighted by molar-refractivity contribution is 5.94. The molecule has 0 aromatic carbocycles. The van der Waals surface area contributed by atoms with Crippen molar-refractivity contribution in [3.63, 3.8) is 0 Å². The van der Waals surface area contributed by atoms with Crippen LogP contribution in [0.4, 0.5) is 0 Å². The fourth-order valence-electron chi connectivity index (χ4n) is 3.56. The molecule has 0 spiro atoms. The molecule has 26 heavy (non-hydrogen) atoms. The molecule has 1 aliphatic heterocycles. The number of hydrogen-bond donors (Lipinski definition) is 1. The Labute approximate surface area is 150 Å². The van der Waals surface area contributed by atoms with Crippen LogP contribution in [0.2, 0.25) is 0 Å². The van der Waals surface area contributed by atoms with Crippen LogP contribution in [-0.4, -0.2) is 49.2 Å². The zero-order chi connectivity index (χ0) is 18.3. The molecule has 4 heterocycles. The summed E-state index contributed by atoms with van der Waals surface area (Å²) in [6, 6.07) is 3.49. The van der Waals surface area contributed by atoms with Crippen molar-refractivity contribution in [3.8, 4) is 0 Å². The minimum absolute atomic E-state index is 0.0190. The zero-order valence-corrected chi connectivity index (χ0v) is 14.7. The van der Waals surface area contributed by atoms with E-state index in [1.165, 1.54) is 0 Å². The standard InChI is InChI=1S/C18H20N6O2/c1-22-6-5-20-17(22)16-13(7-15(25)23(16)2)8-21-18(26)12-3-4-14-9-19-11-24(14)10-12/h3-6,9-11,13,16H,7-8H2,1-2H3,(H,21,26)/t13-,16+/m0/s1. The third-order valence-electron chi connectivity index (χ3n) is 5.01. The first-order chi connectivity index (χ1) is 12.5. The van der Waals surface area contributed by atoms with E-state index in [-0.39, 0.29) is 23.8 Å². The highest BCUT2D eigenvalue weighted by atomic mass is 16.2.